The van der Waals surface area contributed by atoms with Gasteiger partial charge in [-0.05, 0) is 32.4 Å². The van der Waals surface area contributed by atoms with Gasteiger partial charge in [0.2, 0.25) is 11.7 Å². The summed E-state index contributed by atoms with van der Waals surface area (Å²) in [6, 6.07) is 9.77. The second-order valence-electron chi connectivity index (χ2n) is 6.16. The Morgan fingerprint density at radius 1 is 1.20 bits per heavy atom. The standard InChI is InChI=1S/C18H19N5OS/c1-12(22-10-6-9-16(22)24)18-20-17(15-11-25-13(2)19-15)21-23(18)14-7-4-3-5-8-14/h3-5,7-8,11-12H,6,9-10H2,1-2H3/t12-/m0/s1. The Morgan fingerprint density at radius 2 is 2.00 bits per heavy atom. The molecular formula is C18H19N5OS. The molecular weight excluding hydrogens is 334 g/mol. The van der Waals surface area contributed by atoms with Gasteiger partial charge in [-0.15, -0.1) is 16.4 Å². The van der Waals surface area contributed by atoms with E-state index < -0.39 is 0 Å². The number of aryl methyl sites for hydroxylation is 1. The maximum Gasteiger partial charge on any atom is 0.223 e. The molecule has 0 radical (unpaired) electrons. The number of amides is 1. The Kier molecular flexibility index (Phi) is 4.09. The fourth-order valence-corrected chi connectivity index (χ4v) is 3.74. The van der Waals surface area contributed by atoms with Crippen LogP contribution in [0.25, 0.3) is 17.2 Å². The Bertz CT molecular complexity index is 901. The molecule has 6 nitrogen and oxygen atoms in total. The fourth-order valence-electron chi connectivity index (χ4n) is 3.15. The van der Waals surface area contributed by atoms with Crippen LogP contribution in [0, 0.1) is 6.92 Å². The summed E-state index contributed by atoms with van der Waals surface area (Å²) in [4.78, 5) is 23.3. The monoisotopic (exact) mass is 353 g/mol. The van der Waals surface area contributed by atoms with Crippen LogP contribution in [-0.2, 0) is 4.79 Å². The molecule has 7 heteroatoms. The number of nitrogens with zero attached hydrogens (tertiary/aromatic N) is 5. The number of hydrogen-bond acceptors (Lipinski definition) is 5. The average molecular weight is 353 g/mol. The molecule has 0 N–H and O–H groups in total. The van der Waals surface area contributed by atoms with Gasteiger partial charge in [-0.2, -0.15) is 0 Å². The van der Waals surface area contributed by atoms with E-state index in [4.69, 9.17) is 10.1 Å². The zero-order valence-corrected chi connectivity index (χ0v) is 15.0. The summed E-state index contributed by atoms with van der Waals surface area (Å²) in [6.07, 6.45) is 1.52. The lowest BCUT2D eigenvalue weighted by molar-refractivity contribution is -0.129. The predicted octanol–water partition coefficient (Wildman–Crippen LogP) is 3.38. The molecule has 1 amide bonds. The maximum absolute atomic E-state index is 12.2. The Morgan fingerprint density at radius 3 is 2.64 bits per heavy atom. The molecule has 0 aliphatic carbocycles. The first kappa shape index (κ1) is 16.0. The third kappa shape index (κ3) is 2.95. The molecule has 1 fully saturated rings. The molecule has 4 rings (SSSR count). The van der Waals surface area contributed by atoms with Gasteiger partial charge in [0.1, 0.15) is 5.69 Å². The van der Waals surface area contributed by atoms with Crippen molar-refractivity contribution in [3.63, 3.8) is 0 Å². The minimum Gasteiger partial charge on any atom is -0.333 e. The molecule has 0 unspecified atom stereocenters. The molecule has 1 saturated heterocycles. The van der Waals surface area contributed by atoms with Crippen LogP contribution in [0.15, 0.2) is 35.7 Å². The van der Waals surface area contributed by atoms with E-state index in [1.54, 1.807) is 11.3 Å². The summed E-state index contributed by atoms with van der Waals surface area (Å²) < 4.78 is 1.83. The number of para-hydroxylation sites is 1. The molecule has 1 aliphatic rings. The van der Waals surface area contributed by atoms with Crippen LogP contribution < -0.4 is 0 Å². The van der Waals surface area contributed by atoms with Crippen LogP contribution in [0.3, 0.4) is 0 Å². The lowest BCUT2D eigenvalue weighted by Gasteiger charge is -2.23. The highest BCUT2D eigenvalue weighted by molar-refractivity contribution is 7.09. The molecule has 0 spiro atoms. The van der Waals surface area contributed by atoms with Crippen molar-refractivity contribution in [1.29, 1.82) is 0 Å². The molecule has 1 aromatic carbocycles. The first-order valence-corrected chi connectivity index (χ1v) is 9.26. The average Bonchev–Trinajstić information content (AvgIpc) is 3.34. The molecule has 3 heterocycles. The van der Waals surface area contributed by atoms with E-state index in [0.29, 0.717) is 12.2 Å². The van der Waals surface area contributed by atoms with Gasteiger partial charge in [0.05, 0.1) is 16.7 Å². The van der Waals surface area contributed by atoms with Crippen molar-refractivity contribution < 1.29 is 4.79 Å². The van der Waals surface area contributed by atoms with Crippen LogP contribution in [0.4, 0.5) is 0 Å². The van der Waals surface area contributed by atoms with E-state index in [1.807, 2.05) is 59.1 Å². The Hall–Kier alpha value is -2.54. The van der Waals surface area contributed by atoms with Crippen LogP contribution in [0.2, 0.25) is 0 Å². The van der Waals surface area contributed by atoms with E-state index in [2.05, 4.69) is 4.98 Å². The van der Waals surface area contributed by atoms with E-state index in [1.165, 1.54) is 0 Å². The number of carbonyl (C=O) groups is 1. The maximum atomic E-state index is 12.2. The van der Waals surface area contributed by atoms with Crippen molar-refractivity contribution in [1.82, 2.24) is 24.6 Å². The van der Waals surface area contributed by atoms with Crippen molar-refractivity contribution >= 4 is 17.2 Å². The highest BCUT2D eigenvalue weighted by Gasteiger charge is 2.30. The van der Waals surface area contributed by atoms with Gasteiger partial charge in [-0.25, -0.2) is 14.6 Å². The summed E-state index contributed by atoms with van der Waals surface area (Å²) in [5.41, 5.74) is 1.71. The van der Waals surface area contributed by atoms with Crippen molar-refractivity contribution in [2.75, 3.05) is 6.54 Å². The molecule has 1 aliphatic heterocycles. The van der Waals surface area contributed by atoms with Crippen LogP contribution in [0.5, 0.6) is 0 Å². The summed E-state index contributed by atoms with van der Waals surface area (Å²) in [5.74, 6) is 1.55. The topological polar surface area (TPSA) is 63.9 Å². The third-order valence-electron chi connectivity index (χ3n) is 4.43. The van der Waals surface area contributed by atoms with E-state index >= 15 is 0 Å². The summed E-state index contributed by atoms with van der Waals surface area (Å²) in [7, 11) is 0. The molecule has 128 valence electrons. The van der Waals surface area contributed by atoms with Gasteiger partial charge in [-0.3, -0.25) is 4.79 Å². The Labute approximate surface area is 150 Å². The number of hydrogen-bond donors (Lipinski definition) is 0. The summed E-state index contributed by atoms with van der Waals surface area (Å²) >= 11 is 1.58. The second-order valence-corrected chi connectivity index (χ2v) is 7.22. The predicted molar refractivity (Wildman–Crippen MR) is 96.6 cm³/mol. The van der Waals surface area contributed by atoms with Gasteiger partial charge in [0.25, 0.3) is 0 Å². The number of thiazole rings is 1. The van der Waals surface area contributed by atoms with E-state index in [9.17, 15) is 4.79 Å². The number of benzene rings is 1. The van der Waals surface area contributed by atoms with Crippen LogP contribution in [-0.4, -0.2) is 37.1 Å². The van der Waals surface area contributed by atoms with Crippen molar-refractivity contribution in [3.05, 3.63) is 46.5 Å². The zero-order chi connectivity index (χ0) is 17.4. The number of likely N-dealkylation sites (tertiary alicyclic amines) is 1. The first-order chi connectivity index (χ1) is 12.1. The highest BCUT2D eigenvalue weighted by Crippen LogP contribution is 2.28. The summed E-state index contributed by atoms with van der Waals surface area (Å²) in [5, 5.41) is 7.64. The number of carbonyl (C=O) groups excluding carboxylic acids is 1. The van der Waals surface area contributed by atoms with Gasteiger partial charge in [0.15, 0.2) is 5.82 Å². The third-order valence-corrected chi connectivity index (χ3v) is 5.21. The van der Waals surface area contributed by atoms with Crippen molar-refractivity contribution in [2.24, 2.45) is 0 Å². The van der Waals surface area contributed by atoms with Crippen LogP contribution in [0.1, 0.15) is 36.6 Å². The fraction of sp³-hybridized carbons (Fsp3) is 0.333. The van der Waals surface area contributed by atoms with E-state index in [0.717, 1.165) is 35.2 Å². The molecule has 0 bridgehead atoms. The smallest absolute Gasteiger partial charge is 0.223 e. The molecule has 0 saturated carbocycles. The van der Waals surface area contributed by atoms with Crippen LogP contribution >= 0.6 is 11.3 Å². The van der Waals surface area contributed by atoms with Gasteiger partial charge in [0, 0.05) is 18.3 Å². The van der Waals surface area contributed by atoms with Crippen molar-refractivity contribution in [3.8, 4) is 17.2 Å². The normalized spacial score (nSPS) is 15.8. The minimum atomic E-state index is -0.129. The first-order valence-electron chi connectivity index (χ1n) is 8.38. The molecule has 25 heavy (non-hydrogen) atoms. The lowest BCUT2D eigenvalue weighted by atomic mass is 10.2. The number of rotatable bonds is 4. The SMILES string of the molecule is Cc1nc(-c2nc([C@H](C)N3CCCC3=O)n(-c3ccccc3)n2)cs1. The minimum absolute atomic E-state index is 0.129. The highest BCUT2D eigenvalue weighted by atomic mass is 32.1. The quantitative estimate of drug-likeness (QED) is 0.721. The van der Waals surface area contributed by atoms with Crippen molar-refractivity contribution in [2.45, 2.75) is 32.7 Å². The van der Waals surface area contributed by atoms with Gasteiger partial charge >= 0.3 is 0 Å². The molecule has 1 atom stereocenters. The largest absolute Gasteiger partial charge is 0.333 e. The lowest BCUT2D eigenvalue weighted by Crippen LogP contribution is -2.29. The second kappa shape index (κ2) is 6.40. The zero-order valence-electron chi connectivity index (χ0n) is 14.2. The Balaban J connectivity index is 1.80. The van der Waals surface area contributed by atoms with E-state index in [-0.39, 0.29) is 11.9 Å². The summed E-state index contributed by atoms with van der Waals surface area (Å²) in [6.45, 7) is 4.75. The van der Waals surface area contributed by atoms with Gasteiger partial charge < -0.3 is 4.90 Å². The molecule has 3 aromatic rings. The number of aromatic nitrogens is 4. The molecule has 2 aromatic heterocycles. The van der Waals surface area contributed by atoms with Gasteiger partial charge in [-0.1, -0.05) is 18.2 Å².